The molecular weight excluding hydrogens is 242 g/mol. The van der Waals surface area contributed by atoms with Crippen molar-refractivity contribution >= 4 is 11.6 Å². The summed E-state index contributed by atoms with van der Waals surface area (Å²) in [6.45, 7) is 1.87. The molecule has 0 unspecified atom stereocenters. The third kappa shape index (κ3) is 2.79. The van der Waals surface area contributed by atoms with Crippen LogP contribution in [0.15, 0.2) is 30.6 Å². The Morgan fingerprint density at radius 2 is 2.21 bits per heavy atom. The zero-order valence-corrected chi connectivity index (χ0v) is 11.0. The van der Waals surface area contributed by atoms with Crippen molar-refractivity contribution in [2.45, 2.75) is 19.4 Å². The van der Waals surface area contributed by atoms with Gasteiger partial charge in [0, 0.05) is 12.6 Å². The average Bonchev–Trinajstić information content (AvgIpc) is 2.84. The molecule has 6 heteroatoms. The smallest absolute Gasteiger partial charge is 0.241 e. The predicted molar refractivity (Wildman–Crippen MR) is 73.3 cm³/mol. The zero-order chi connectivity index (χ0) is 13.8. The summed E-state index contributed by atoms with van der Waals surface area (Å²) < 4.78 is 1.80. The van der Waals surface area contributed by atoms with E-state index in [2.05, 4.69) is 15.5 Å². The van der Waals surface area contributed by atoms with E-state index in [9.17, 15) is 4.79 Å². The molecule has 2 rings (SSSR count). The van der Waals surface area contributed by atoms with Crippen LogP contribution in [0.1, 0.15) is 13.3 Å². The molecule has 0 bridgehead atoms. The molecule has 0 spiro atoms. The maximum atomic E-state index is 11.9. The van der Waals surface area contributed by atoms with Crippen LogP contribution in [0.3, 0.4) is 0 Å². The van der Waals surface area contributed by atoms with Gasteiger partial charge >= 0.3 is 0 Å². The number of carbonyl (C=O) groups is 1. The predicted octanol–water partition coefficient (Wildman–Crippen LogP) is 1.16. The molecule has 0 aliphatic rings. The molecule has 0 fully saturated rings. The molecule has 1 amide bonds. The quantitative estimate of drug-likeness (QED) is 0.862. The highest BCUT2D eigenvalue weighted by Crippen LogP contribution is 2.25. The number of nitrogens with zero attached hydrogens (tertiary/aromatic N) is 3. The molecule has 19 heavy (non-hydrogen) atoms. The maximum Gasteiger partial charge on any atom is 0.241 e. The number of hydrogen-bond acceptors (Lipinski definition) is 4. The first-order valence-electron chi connectivity index (χ1n) is 6.13. The van der Waals surface area contributed by atoms with E-state index in [1.54, 1.807) is 10.9 Å². The second-order valence-electron chi connectivity index (χ2n) is 4.32. The molecule has 100 valence electrons. The summed E-state index contributed by atoms with van der Waals surface area (Å²) in [5.41, 5.74) is 7.22. The van der Waals surface area contributed by atoms with Crippen molar-refractivity contribution in [3.05, 3.63) is 30.6 Å². The Kier molecular flexibility index (Phi) is 3.91. The van der Waals surface area contributed by atoms with Crippen molar-refractivity contribution < 1.29 is 4.79 Å². The largest absolute Gasteiger partial charge is 0.324 e. The normalized spacial score (nSPS) is 12.2. The van der Waals surface area contributed by atoms with Gasteiger partial charge in [-0.3, -0.25) is 4.79 Å². The third-order valence-electron chi connectivity index (χ3n) is 2.91. The van der Waals surface area contributed by atoms with Crippen LogP contribution in [0.5, 0.6) is 0 Å². The Morgan fingerprint density at radius 1 is 1.47 bits per heavy atom. The van der Waals surface area contributed by atoms with Crippen LogP contribution in [0.25, 0.3) is 11.4 Å². The third-order valence-corrected chi connectivity index (χ3v) is 2.91. The van der Waals surface area contributed by atoms with E-state index in [0.29, 0.717) is 17.9 Å². The van der Waals surface area contributed by atoms with E-state index >= 15 is 0 Å². The van der Waals surface area contributed by atoms with Gasteiger partial charge in [0.25, 0.3) is 0 Å². The van der Waals surface area contributed by atoms with Crippen molar-refractivity contribution in [3.8, 4) is 11.4 Å². The van der Waals surface area contributed by atoms with Gasteiger partial charge in [-0.2, -0.15) is 0 Å². The lowest BCUT2D eigenvalue weighted by atomic mass is 10.1. The standard InChI is InChI=1S/C13H17N5O/c1-3-10(14)13(19)16-11-7-5-4-6-9(11)12-17-15-8-18(12)2/h4-8,10H,3,14H2,1-2H3,(H,16,19)/t10-/m0/s1. The summed E-state index contributed by atoms with van der Waals surface area (Å²) in [6, 6.07) is 6.95. The highest BCUT2D eigenvalue weighted by atomic mass is 16.2. The first-order chi connectivity index (χ1) is 9.13. The van der Waals surface area contributed by atoms with Crippen molar-refractivity contribution in [2.75, 3.05) is 5.32 Å². The maximum absolute atomic E-state index is 11.9. The minimum Gasteiger partial charge on any atom is -0.324 e. The summed E-state index contributed by atoms with van der Waals surface area (Å²) in [6.07, 6.45) is 2.21. The van der Waals surface area contributed by atoms with Crippen LogP contribution in [-0.4, -0.2) is 26.7 Å². The molecule has 0 saturated carbocycles. The fourth-order valence-electron chi connectivity index (χ4n) is 1.72. The first-order valence-corrected chi connectivity index (χ1v) is 6.13. The van der Waals surface area contributed by atoms with Gasteiger partial charge in [-0.1, -0.05) is 19.1 Å². The number of benzene rings is 1. The van der Waals surface area contributed by atoms with Gasteiger partial charge in [-0.15, -0.1) is 10.2 Å². The number of amides is 1. The van der Waals surface area contributed by atoms with E-state index in [1.165, 1.54) is 0 Å². The minimum atomic E-state index is -0.507. The number of anilines is 1. The Balaban J connectivity index is 2.32. The molecule has 1 atom stereocenters. The van der Waals surface area contributed by atoms with E-state index < -0.39 is 6.04 Å². The summed E-state index contributed by atoms with van der Waals surface area (Å²) in [5.74, 6) is 0.498. The lowest BCUT2D eigenvalue weighted by Crippen LogP contribution is -2.34. The van der Waals surface area contributed by atoms with Crippen LogP contribution < -0.4 is 11.1 Å². The van der Waals surface area contributed by atoms with E-state index in [1.807, 2.05) is 38.2 Å². The molecule has 0 radical (unpaired) electrons. The van der Waals surface area contributed by atoms with Crippen LogP contribution in [0, 0.1) is 0 Å². The molecular formula is C13H17N5O. The van der Waals surface area contributed by atoms with Gasteiger partial charge in [-0.05, 0) is 18.6 Å². The second-order valence-corrected chi connectivity index (χ2v) is 4.32. The topological polar surface area (TPSA) is 85.8 Å². The second kappa shape index (κ2) is 5.62. The zero-order valence-electron chi connectivity index (χ0n) is 11.0. The molecule has 0 aliphatic heterocycles. The van der Waals surface area contributed by atoms with Gasteiger partial charge in [0.05, 0.1) is 11.7 Å². The number of rotatable bonds is 4. The number of aromatic nitrogens is 3. The summed E-state index contributed by atoms with van der Waals surface area (Å²) in [4.78, 5) is 11.9. The lowest BCUT2D eigenvalue weighted by Gasteiger charge is -2.13. The minimum absolute atomic E-state index is 0.197. The SMILES string of the molecule is CC[C@H](N)C(=O)Nc1ccccc1-c1nncn1C. The Morgan fingerprint density at radius 3 is 2.84 bits per heavy atom. The summed E-state index contributed by atoms with van der Waals surface area (Å²) in [5, 5.41) is 10.7. The number of nitrogens with two attached hydrogens (primary N) is 1. The number of aryl methyl sites for hydroxylation is 1. The molecule has 2 aromatic rings. The van der Waals surface area contributed by atoms with Crippen molar-refractivity contribution in [1.82, 2.24) is 14.8 Å². The fraction of sp³-hybridized carbons (Fsp3) is 0.308. The number of nitrogens with one attached hydrogen (secondary N) is 1. The molecule has 6 nitrogen and oxygen atoms in total. The molecule has 1 aromatic carbocycles. The van der Waals surface area contributed by atoms with Crippen LogP contribution in [0.2, 0.25) is 0 Å². The van der Waals surface area contributed by atoms with Gasteiger partial charge in [0.15, 0.2) is 5.82 Å². The van der Waals surface area contributed by atoms with Crippen molar-refractivity contribution in [3.63, 3.8) is 0 Å². The molecule has 0 aliphatic carbocycles. The summed E-state index contributed by atoms with van der Waals surface area (Å²) in [7, 11) is 1.85. The van der Waals surface area contributed by atoms with E-state index in [-0.39, 0.29) is 5.91 Å². The van der Waals surface area contributed by atoms with Crippen LogP contribution in [0.4, 0.5) is 5.69 Å². The first kappa shape index (κ1) is 13.2. The van der Waals surface area contributed by atoms with Crippen molar-refractivity contribution in [2.24, 2.45) is 12.8 Å². The molecule has 3 N–H and O–H groups in total. The number of carbonyl (C=O) groups excluding carboxylic acids is 1. The van der Waals surface area contributed by atoms with E-state index in [4.69, 9.17) is 5.73 Å². The molecule has 1 aromatic heterocycles. The summed E-state index contributed by atoms with van der Waals surface area (Å²) >= 11 is 0. The Bertz CT molecular complexity index is 578. The highest BCUT2D eigenvalue weighted by molar-refractivity contribution is 5.97. The van der Waals surface area contributed by atoms with E-state index in [0.717, 1.165) is 5.56 Å². The Hall–Kier alpha value is -2.21. The van der Waals surface area contributed by atoms with Crippen LogP contribution >= 0.6 is 0 Å². The lowest BCUT2D eigenvalue weighted by molar-refractivity contribution is -0.117. The fourth-order valence-corrected chi connectivity index (χ4v) is 1.72. The Labute approximate surface area is 111 Å². The van der Waals surface area contributed by atoms with Gasteiger partial charge in [0.1, 0.15) is 6.33 Å². The van der Waals surface area contributed by atoms with Crippen molar-refractivity contribution in [1.29, 1.82) is 0 Å². The van der Waals surface area contributed by atoms with Crippen LogP contribution in [-0.2, 0) is 11.8 Å². The average molecular weight is 259 g/mol. The van der Waals surface area contributed by atoms with Gasteiger partial charge < -0.3 is 15.6 Å². The molecule has 0 saturated heterocycles. The molecule has 1 heterocycles. The van der Waals surface area contributed by atoms with Gasteiger partial charge in [-0.25, -0.2) is 0 Å². The number of para-hydroxylation sites is 1. The highest BCUT2D eigenvalue weighted by Gasteiger charge is 2.15. The number of hydrogen-bond donors (Lipinski definition) is 2. The van der Waals surface area contributed by atoms with Gasteiger partial charge in [0.2, 0.25) is 5.91 Å². The monoisotopic (exact) mass is 259 g/mol.